The van der Waals surface area contributed by atoms with Crippen molar-refractivity contribution in [3.8, 4) is 11.5 Å². The minimum absolute atomic E-state index is 0.126. The number of ether oxygens (including phenoxy) is 1. The minimum Gasteiger partial charge on any atom is -0.460 e. The Hall–Kier alpha value is -3.04. The Balaban J connectivity index is 1.77. The summed E-state index contributed by atoms with van der Waals surface area (Å²) in [6.45, 7) is 6.45. The molecule has 0 radical (unpaired) electrons. The third-order valence-corrected chi connectivity index (χ3v) is 4.90. The van der Waals surface area contributed by atoms with Gasteiger partial charge in [-0.2, -0.15) is 0 Å². The second-order valence-electron chi connectivity index (χ2n) is 6.44. The third-order valence-electron chi connectivity index (χ3n) is 4.90. The Morgan fingerprint density at radius 1 is 1.00 bits per heavy atom. The zero-order chi connectivity index (χ0) is 17.0. The molecule has 3 aromatic rings. The van der Waals surface area contributed by atoms with Gasteiger partial charge in [0.25, 0.3) is 0 Å². The van der Waals surface area contributed by atoms with E-state index in [9.17, 15) is 0 Å². The van der Waals surface area contributed by atoms with Crippen LogP contribution in [0, 0.1) is 0 Å². The van der Waals surface area contributed by atoms with Crippen LogP contribution in [0.15, 0.2) is 66.4 Å². The van der Waals surface area contributed by atoms with Crippen molar-refractivity contribution in [2.45, 2.75) is 13.0 Å². The van der Waals surface area contributed by atoms with Crippen LogP contribution in [0.1, 0.15) is 18.5 Å². The van der Waals surface area contributed by atoms with Crippen molar-refractivity contribution < 1.29 is 9.57 Å². The maximum Gasteiger partial charge on any atom is 0.161 e. The molecule has 1 aliphatic carbocycles. The summed E-state index contributed by atoms with van der Waals surface area (Å²) in [5, 5.41) is 4.40. The highest BCUT2D eigenvalue weighted by Crippen LogP contribution is 2.39. The number of hydrogen-bond donors (Lipinski definition) is 1. The molecule has 122 valence electrons. The molecular formula is C22H17NO2. The number of para-hydroxylation sites is 1. The summed E-state index contributed by atoms with van der Waals surface area (Å²) in [6, 6.07) is 17.9. The van der Waals surface area contributed by atoms with Crippen LogP contribution in [0.5, 0.6) is 11.5 Å². The first kappa shape index (κ1) is 14.3. The van der Waals surface area contributed by atoms with Gasteiger partial charge in [-0.3, -0.25) is 0 Å². The standard InChI is InChI=1S/C22H17NO2/c1-13-12-18(24-15-8-4-3-5-9-15)21-20-19(13)14(2)16-10-6-7-11-17(16)22(20)25-23-21/h3-12,21,23H,2H2,1H3. The van der Waals surface area contributed by atoms with Crippen LogP contribution in [0.4, 0.5) is 0 Å². The van der Waals surface area contributed by atoms with Crippen LogP contribution in [0.2, 0.25) is 0 Å². The Morgan fingerprint density at radius 3 is 2.52 bits per heavy atom. The molecule has 1 atom stereocenters. The topological polar surface area (TPSA) is 30.5 Å². The molecule has 1 heterocycles. The van der Waals surface area contributed by atoms with E-state index in [0.717, 1.165) is 49.6 Å². The van der Waals surface area contributed by atoms with Crippen molar-refractivity contribution in [2.24, 2.45) is 0 Å². The van der Waals surface area contributed by atoms with Gasteiger partial charge in [-0.1, -0.05) is 49.0 Å². The van der Waals surface area contributed by atoms with Gasteiger partial charge >= 0.3 is 0 Å². The van der Waals surface area contributed by atoms with E-state index in [1.165, 1.54) is 0 Å². The maximum atomic E-state index is 6.15. The molecule has 1 N–H and O–H groups in total. The normalized spacial score (nSPS) is 17.9. The van der Waals surface area contributed by atoms with Crippen LogP contribution in [-0.4, -0.2) is 0 Å². The van der Waals surface area contributed by atoms with Crippen molar-refractivity contribution in [3.05, 3.63) is 82.4 Å². The van der Waals surface area contributed by atoms with E-state index in [1.54, 1.807) is 0 Å². The molecule has 0 saturated heterocycles. The van der Waals surface area contributed by atoms with Gasteiger partial charge in [-0.05, 0) is 46.5 Å². The predicted octanol–water partition coefficient (Wildman–Crippen LogP) is 3.34. The molecule has 25 heavy (non-hydrogen) atoms. The first-order chi connectivity index (χ1) is 12.2. The lowest BCUT2D eigenvalue weighted by molar-refractivity contribution is 0.187. The Bertz CT molecular complexity index is 1150. The Morgan fingerprint density at radius 2 is 1.72 bits per heavy atom. The van der Waals surface area contributed by atoms with E-state index in [-0.39, 0.29) is 6.04 Å². The van der Waals surface area contributed by atoms with Crippen LogP contribution in [0.25, 0.3) is 22.9 Å². The highest BCUT2D eigenvalue weighted by atomic mass is 16.7. The van der Waals surface area contributed by atoms with Crippen LogP contribution >= 0.6 is 0 Å². The van der Waals surface area contributed by atoms with Gasteiger partial charge in [0.2, 0.25) is 0 Å². The van der Waals surface area contributed by atoms with Gasteiger partial charge in [-0.15, -0.1) is 5.48 Å². The molecule has 0 aromatic heterocycles. The number of fused-ring (bicyclic) bond motifs is 2. The summed E-state index contributed by atoms with van der Waals surface area (Å²) < 4.78 is 6.15. The van der Waals surface area contributed by atoms with Gasteiger partial charge in [0, 0.05) is 10.9 Å². The fraction of sp³-hybridized carbons (Fsp3) is 0.0909. The Labute approximate surface area is 145 Å². The largest absolute Gasteiger partial charge is 0.460 e. The lowest BCUT2D eigenvalue weighted by atomic mass is 9.90. The first-order valence-corrected chi connectivity index (χ1v) is 8.35. The highest BCUT2D eigenvalue weighted by Gasteiger charge is 2.34. The van der Waals surface area contributed by atoms with Crippen LogP contribution < -0.4 is 25.5 Å². The predicted molar refractivity (Wildman–Crippen MR) is 99.5 cm³/mol. The molecule has 3 nitrogen and oxygen atoms in total. The third kappa shape index (κ3) is 2.03. The van der Waals surface area contributed by atoms with Gasteiger partial charge < -0.3 is 9.57 Å². The minimum atomic E-state index is -0.126. The van der Waals surface area contributed by atoms with Gasteiger partial charge in [0.1, 0.15) is 17.6 Å². The highest BCUT2D eigenvalue weighted by molar-refractivity contribution is 5.92. The lowest BCUT2D eigenvalue weighted by Crippen LogP contribution is -2.35. The average Bonchev–Trinajstić information content (AvgIpc) is 3.07. The maximum absolute atomic E-state index is 6.15. The number of hydroxylamine groups is 1. The number of nitrogens with one attached hydrogen (secondary N) is 1. The summed E-state index contributed by atoms with van der Waals surface area (Å²) in [4.78, 5) is 5.90. The summed E-state index contributed by atoms with van der Waals surface area (Å²) >= 11 is 0. The molecule has 1 aliphatic heterocycles. The van der Waals surface area contributed by atoms with Crippen molar-refractivity contribution in [1.29, 1.82) is 0 Å². The smallest absolute Gasteiger partial charge is 0.161 e. The monoisotopic (exact) mass is 327 g/mol. The molecule has 1 unspecified atom stereocenters. The molecule has 3 heteroatoms. The lowest BCUT2D eigenvalue weighted by Gasteiger charge is -2.21. The quantitative estimate of drug-likeness (QED) is 0.783. The van der Waals surface area contributed by atoms with E-state index in [0.29, 0.717) is 0 Å². The fourth-order valence-corrected chi connectivity index (χ4v) is 3.79. The SMILES string of the molecule is C=c1c2c3c(c4ccccc14)ONC3C(Oc1ccccc1)=CC=2C. The van der Waals surface area contributed by atoms with E-state index in [1.807, 2.05) is 42.5 Å². The van der Waals surface area contributed by atoms with Gasteiger partial charge in [0.15, 0.2) is 5.75 Å². The molecule has 0 bridgehead atoms. The zero-order valence-electron chi connectivity index (χ0n) is 13.9. The molecule has 0 spiro atoms. The second kappa shape index (κ2) is 5.23. The molecular weight excluding hydrogens is 310 g/mol. The molecule has 2 aliphatic rings. The molecule has 0 fully saturated rings. The summed E-state index contributed by atoms with van der Waals surface area (Å²) in [7, 11) is 0. The van der Waals surface area contributed by atoms with Crippen molar-refractivity contribution in [1.82, 2.24) is 5.48 Å². The molecule has 0 saturated carbocycles. The van der Waals surface area contributed by atoms with Crippen molar-refractivity contribution in [3.63, 3.8) is 0 Å². The number of benzene rings is 3. The number of hydrogen-bond acceptors (Lipinski definition) is 3. The molecule has 0 amide bonds. The van der Waals surface area contributed by atoms with Gasteiger partial charge in [-0.25, -0.2) is 0 Å². The van der Waals surface area contributed by atoms with E-state index in [2.05, 4.69) is 37.2 Å². The van der Waals surface area contributed by atoms with Crippen molar-refractivity contribution in [2.75, 3.05) is 0 Å². The van der Waals surface area contributed by atoms with E-state index >= 15 is 0 Å². The van der Waals surface area contributed by atoms with E-state index < -0.39 is 0 Å². The van der Waals surface area contributed by atoms with Crippen LogP contribution in [-0.2, 0) is 0 Å². The van der Waals surface area contributed by atoms with Crippen LogP contribution in [0.3, 0.4) is 0 Å². The van der Waals surface area contributed by atoms with Gasteiger partial charge in [0.05, 0.1) is 0 Å². The molecule has 3 aromatic carbocycles. The summed E-state index contributed by atoms with van der Waals surface area (Å²) in [6.07, 6.45) is 2.08. The average molecular weight is 327 g/mol. The van der Waals surface area contributed by atoms with Crippen molar-refractivity contribution >= 4 is 22.9 Å². The number of allylic oxidation sites excluding steroid dienone is 1. The fourth-order valence-electron chi connectivity index (χ4n) is 3.79. The zero-order valence-corrected chi connectivity index (χ0v) is 13.9. The first-order valence-electron chi connectivity index (χ1n) is 8.35. The number of rotatable bonds is 2. The Kier molecular flexibility index (Phi) is 2.99. The van der Waals surface area contributed by atoms with E-state index in [4.69, 9.17) is 9.57 Å². The summed E-state index contributed by atoms with van der Waals surface area (Å²) in [5.41, 5.74) is 5.40. The molecule has 5 rings (SSSR count). The summed E-state index contributed by atoms with van der Waals surface area (Å²) in [5.74, 6) is 2.53. The second-order valence-corrected chi connectivity index (χ2v) is 6.44.